The lowest BCUT2D eigenvalue weighted by atomic mass is 9.83. The second-order valence-corrected chi connectivity index (χ2v) is 14.5. The summed E-state index contributed by atoms with van der Waals surface area (Å²) in [7, 11) is 0. The minimum Gasteiger partial charge on any atom is -0.491 e. The summed E-state index contributed by atoms with van der Waals surface area (Å²) in [5, 5.41) is 0. The Kier molecular flexibility index (Phi) is 32.3. The molecule has 0 saturated heterocycles. The van der Waals surface area contributed by atoms with E-state index in [2.05, 4.69) is 75.4 Å². The molecule has 0 bridgehead atoms. The Hall–Kier alpha value is -2.12. The van der Waals surface area contributed by atoms with Crippen LogP contribution in [0.25, 0.3) is 0 Å². The number of rotatable bonds is 41. The van der Waals surface area contributed by atoms with Gasteiger partial charge in [0.2, 0.25) is 0 Å². The molecule has 0 saturated carbocycles. The minimum absolute atomic E-state index is 0.210. The number of hydrogen-bond donors (Lipinski definition) is 0. The lowest BCUT2D eigenvalue weighted by Crippen LogP contribution is -2.19. The molecule has 0 heterocycles. The van der Waals surface area contributed by atoms with Gasteiger partial charge in [0.1, 0.15) is 12.4 Å². The largest absolute Gasteiger partial charge is 0.491 e. The fourth-order valence-electron chi connectivity index (χ4n) is 5.70. The number of unbranched alkanes of at least 4 members (excludes halogenated alkanes) is 6. The zero-order chi connectivity index (χ0) is 39.2. The summed E-state index contributed by atoms with van der Waals surface area (Å²) in [6, 6.07) is 19.1. The first-order chi connectivity index (χ1) is 27.1. The van der Waals surface area contributed by atoms with E-state index in [0.29, 0.717) is 119 Å². The van der Waals surface area contributed by atoms with Gasteiger partial charge in [0.15, 0.2) is 0 Å². The molecule has 55 heavy (non-hydrogen) atoms. The van der Waals surface area contributed by atoms with Crippen molar-refractivity contribution in [3.8, 4) is 5.75 Å². The molecule has 2 aromatic carbocycles. The van der Waals surface area contributed by atoms with Crippen LogP contribution in [0.15, 0.2) is 54.6 Å². The van der Waals surface area contributed by atoms with Crippen molar-refractivity contribution in [3.63, 3.8) is 0 Å². The van der Waals surface area contributed by atoms with Gasteiger partial charge in [0.25, 0.3) is 0 Å². The Bertz CT molecular complexity index is 1070. The molecule has 0 aromatic heterocycles. The molecule has 2 rings (SSSR count). The highest BCUT2D eigenvalue weighted by atomic mass is 16.6. The molecule has 0 spiro atoms. The minimum atomic E-state index is 0.210. The fraction of sp³-hybridized carbons (Fsp3) is 0.733. The van der Waals surface area contributed by atoms with Gasteiger partial charge in [0, 0.05) is 6.61 Å². The summed E-state index contributed by atoms with van der Waals surface area (Å²) >= 11 is 0. The Morgan fingerprint density at radius 2 is 0.764 bits per heavy atom. The molecule has 0 N–H and O–H groups in total. The van der Waals surface area contributed by atoms with Crippen molar-refractivity contribution in [2.45, 2.75) is 85.0 Å². The summed E-state index contributed by atoms with van der Waals surface area (Å²) in [4.78, 5) is 0. The van der Waals surface area contributed by atoms with Gasteiger partial charge in [-0.25, -0.2) is 0 Å². The molecule has 0 aliphatic rings. The van der Waals surface area contributed by atoms with E-state index in [1.54, 1.807) is 0 Å². The van der Waals surface area contributed by atoms with Crippen molar-refractivity contribution < 1.29 is 47.4 Å². The number of benzene rings is 2. The van der Waals surface area contributed by atoms with E-state index in [4.69, 9.17) is 47.4 Å². The van der Waals surface area contributed by atoms with E-state index in [1.807, 2.05) is 0 Å². The van der Waals surface area contributed by atoms with Gasteiger partial charge in [-0.3, -0.25) is 0 Å². The van der Waals surface area contributed by atoms with Crippen LogP contribution in [0.2, 0.25) is 0 Å². The molecule has 0 aliphatic heterocycles. The van der Waals surface area contributed by atoms with Crippen LogP contribution >= 0.6 is 0 Å². The molecule has 2 aromatic rings. The van der Waals surface area contributed by atoms with E-state index in [9.17, 15) is 0 Å². The molecule has 0 atom stereocenters. The van der Waals surface area contributed by atoms with Crippen LogP contribution in [0.5, 0.6) is 5.75 Å². The molecule has 0 aliphatic carbocycles. The molecular weight excluding hydrogens is 700 g/mol. The number of aryl methyl sites for hydroxylation is 1. The molecular formula is C45H76O10. The van der Waals surface area contributed by atoms with Crippen molar-refractivity contribution in [1.29, 1.82) is 0 Å². The Balaban J connectivity index is 1.19. The molecule has 0 radical (unpaired) electrons. The zero-order valence-electron chi connectivity index (χ0n) is 34.8. The summed E-state index contributed by atoms with van der Waals surface area (Å²) in [6.45, 7) is 17.2. The molecule has 10 nitrogen and oxygen atoms in total. The summed E-state index contributed by atoms with van der Waals surface area (Å²) < 4.78 is 56.0. The maximum Gasteiger partial charge on any atom is 0.119 e. The smallest absolute Gasteiger partial charge is 0.119 e. The highest BCUT2D eigenvalue weighted by Crippen LogP contribution is 2.25. The second-order valence-electron chi connectivity index (χ2n) is 14.5. The van der Waals surface area contributed by atoms with Gasteiger partial charge in [0.05, 0.1) is 112 Å². The lowest BCUT2D eigenvalue weighted by Gasteiger charge is -2.24. The third-order valence-electron chi connectivity index (χ3n) is 8.91. The van der Waals surface area contributed by atoms with Crippen molar-refractivity contribution >= 4 is 0 Å². The van der Waals surface area contributed by atoms with Crippen LogP contribution in [0, 0.1) is 5.41 Å². The van der Waals surface area contributed by atoms with Crippen LogP contribution < -0.4 is 4.74 Å². The average molecular weight is 777 g/mol. The first-order valence-corrected chi connectivity index (χ1v) is 21.0. The van der Waals surface area contributed by atoms with E-state index in [-0.39, 0.29) is 5.41 Å². The molecule has 316 valence electrons. The van der Waals surface area contributed by atoms with Gasteiger partial charge in [-0.05, 0) is 54.4 Å². The quantitative estimate of drug-likeness (QED) is 0.0617. The van der Waals surface area contributed by atoms with Gasteiger partial charge in [-0.15, -0.1) is 0 Å². The van der Waals surface area contributed by atoms with Crippen LogP contribution in [0.4, 0.5) is 0 Å². The summed E-state index contributed by atoms with van der Waals surface area (Å²) in [6.07, 6.45) is 12.6. The SMILES string of the molecule is CCCCCCCCCc1ccc(OCCOCCOCCOCCOCCOCCOCCOCCOCCOCCC(C)(C)Cc2ccccc2)cc1. The van der Waals surface area contributed by atoms with Crippen LogP contribution in [-0.2, 0) is 55.5 Å². The number of hydrogen-bond acceptors (Lipinski definition) is 10. The van der Waals surface area contributed by atoms with Gasteiger partial charge >= 0.3 is 0 Å². The second kappa shape index (κ2) is 36.2. The van der Waals surface area contributed by atoms with Crippen molar-refractivity contribution in [1.82, 2.24) is 0 Å². The highest BCUT2D eigenvalue weighted by molar-refractivity contribution is 5.27. The topological polar surface area (TPSA) is 92.3 Å². The van der Waals surface area contributed by atoms with Crippen LogP contribution in [0.3, 0.4) is 0 Å². The van der Waals surface area contributed by atoms with Crippen LogP contribution in [-0.4, -0.2) is 126 Å². The maximum absolute atomic E-state index is 5.79. The van der Waals surface area contributed by atoms with Gasteiger partial charge < -0.3 is 47.4 Å². The van der Waals surface area contributed by atoms with Gasteiger partial charge in [-0.2, -0.15) is 0 Å². The average Bonchev–Trinajstić information content (AvgIpc) is 3.19. The van der Waals surface area contributed by atoms with E-state index >= 15 is 0 Å². The van der Waals surface area contributed by atoms with Crippen LogP contribution in [0.1, 0.15) is 83.3 Å². The van der Waals surface area contributed by atoms with Gasteiger partial charge in [-0.1, -0.05) is 102 Å². The van der Waals surface area contributed by atoms with Crippen molar-refractivity contribution in [2.24, 2.45) is 5.41 Å². The standard InChI is InChI=1S/C45H76O10/c1-4-5-6-7-8-9-11-14-42-17-19-44(20-18-42)55-40-39-54-38-37-53-36-35-52-34-33-51-32-31-50-30-29-49-28-27-48-26-25-47-24-23-46-22-21-45(2,3)41-43-15-12-10-13-16-43/h10,12-13,15-20H,4-9,11,14,21-41H2,1-3H3. The number of ether oxygens (including phenoxy) is 10. The lowest BCUT2D eigenvalue weighted by molar-refractivity contribution is -0.0257. The molecule has 10 heteroatoms. The molecule has 0 unspecified atom stereocenters. The zero-order valence-corrected chi connectivity index (χ0v) is 34.8. The highest BCUT2D eigenvalue weighted by Gasteiger charge is 2.18. The summed E-state index contributed by atoms with van der Waals surface area (Å²) in [5.41, 5.74) is 2.96. The fourth-order valence-corrected chi connectivity index (χ4v) is 5.70. The molecule has 0 amide bonds. The first kappa shape index (κ1) is 49.0. The molecule has 0 fully saturated rings. The predicted octanol–water partition coefficient (Wildman–Crippen LogP) is 8.17. The third-order valence-corrected chi connectivity index (χ3v) is 8.91. The van der Waals surface area contributed by atoms with E-state index in [0.717, 1.165) is 31.6 Å². The Morgan fingerprint density at radius 3 is 1.20 bits per heavy atom. The third kappa shape index (κ3) is 31.6. The first-order valence-electron chi connectivity index (χ1n) is 21.0. The van der Waals surface area contributed by atoms with Crippen molar-refractivity contribution in [3.05, 3.63) is 65.7 Å². The maximum atomic E-state index is 5.79. The Labute approximate surface area is 334 Å². The Morgan fingerprint density at radius 1 is 0.382 bits per heavy atom. The van der Waals surface area contributed by atoms with Crippen molar-refractivity contribution in [2.75, 3.05) is 126 Å². The normalized spacial score (nSPS) is 11.8. The predicted molar refractivity (Wildman–Crippen MR) is 220 cm³/mol. The monoisotopic (exact) mass is 777 g/mol. The van der Waals surface area contributed by atoms with E-state index in [1.165, 1.54) is 56.1 Å². The summed E-state index contributed by atoms with van der Waals surface area (Å²) in [5.74, 6) is 0.889. The van der Waals surface area contributed by atoms with E-state index < -0.39 is 0 Å².